The first-order valence-electron chi connectivity index (χ1n) is 7.48. The third-order valence-corrected chi connectivity index (χ3v) is 3.43. The molecule has 2 rings (SSSR count). The largest absolute Gasteiger partial charge is 0.481 e. The number of carboxylic acids is 1. The van der Waals surface area contributed by atoms with E-state index < -0.39 is 11.5 Å². The third kappa shape index (κ3) is 5.19. The summed E-state index contributed by atoms with van der Waals surface area (Å²) in [6.45, 7) is 3.53. The van der Waals surface area contributed by atoms with Gasteiger partial charge in [-0.05, 0) is 44.5 Å². The first-order chi connectivity index (χ1) is 11.2. The minimum Gasteiger partial charge on any atom is -0.481 e. The van der Waals surface area contributed by atoms with Crippen molar-refractivity contribution < 1.29 is 23.5 Å². The van der Waals surface area contributed by atoms with Crippen LogP contribution in [-0.4, -0.2) is 27.5 Å². The molecule has 0 fully saturated rings. The minimum atomic E-state index is -0.905. The minimum absolute atomic E-state index is 0.0151. The summed E-state index contributed by atoms with van der Waals surface area (Å²) < 4.78 is 18.2. The Morgan fingerprint density at radius 3 is 2.58 bits per heavy atom. The SMILES string of the molecule is CC(C)(CCC(=O)O)NC(=O)Cc1coc(-c2ccc(F)cc2)n1. The van der Waals surface area contributed by atoms with Crippen LogP contribution < -0.4 is 5.32 Å². The van der Waals surface area contributed by atoms with E-state index in [2.05, 4.69) is 10.3 Å². The van der Waals surface area contributed by atoms with Crippen LogP contribution in [0.25, 0.3) is 11.5 Å². The highest BCUT2D eigenvalue weighted by atomic mass is 19.1. The van der Waals surface area contributed by atoms with Gasteiger partial charge in [0.1, 0.15) is 12.1 Å². The van der Waals surface area contributed by atoms with Crippen LogP contribution in [0.2, 0.25) is 0 Å². The molecule has 1 aromatic carbocycles. The molecule has 0 aliphatic heterocycles. The van der Waals surface area contributed by atoms with E-state index >= 15 is 0 Å². The van der Waals surface area contributed by atoms with Crippen LogP contribution >= 0.6 is 0 Å². The second-order valence-electron chi connectivity index (χ2n) is 6.15. The summed E-state index contributed by atoms with van der Waals surface area (Å²) in [5, 5.41) is 11.5. The van der Waals surface area contributed by atoms with Gasteiger partial charge < -0.3 is 14.8 Å². The maximum Gasteiger partial charge on any atom is 0.303 e. The van der Waals surface area contributed by atoms with Crippen molar-refractivity contribution in [3.63, 3.8) is 0 Å². The molecule has 128 valence electrons. The van der Waals surface area contributed by atoms with Crippen LogP contribution in [0.4, 0.5) is 4.39 Å². The Balaban J connectivity index is 1.95. The number of hydrogen-bond acceptors (Lipinski definition) is 4. The number of aliphatic carboxylic acids is 1. The topological polar surface area (TPSA) is 92.4 Å². The molecular formula is C17H19FN2O4. The van der Waals surface area contributed by atoms with E-state index in [0.29, 0.717) is 23.6 Å². The summed E-state index contributed by atoms with van der Waals surface area (Å²) in [7, 11) is 0. The van der Waals surface area contributed by atoms with Crippen LogP contribution in [0, 0.1) is 5.82 Å². The van der Waals surface area contributed by atoms with Crippen molar-refractivity contribution >= 4 is 11.9 Å². The molecule has 0 aliphatic rings. The van der Waals surface area contributed by atoms with Gasteiger partial charge in [0.2, 0.25) is 11.8 Å². The first kappa shape index (κ1) is 17.7. The Hall–Kier alpha value is -2.70. The van der Waals surface area contributed by atoms with Gasteiger partial charge >= 0.3 is 5.97 Å². The van der Waals surface area contributed by atoms with Crippen molar-refractivity contribution in [1.82, 2.24) is 10.3 Å². The van der Waals surface area contributed by atoms with Crippen LogP contribution in [-0.2, 0) is 16.0 Å². The summed E-state index contributed by atoms with van der Waals surface area (Å²) in [4.78, 5) is 26.9. The predicted octanol–water partition coefficient (Wildman–Crippen LogP) is 2.78. The summed E-state index contributed by atoms with van der Waals surface area (Å²) in [5.41, 5.74) is 0.435. The summed E-state index contributed by atoms with van der Waals surface area (Å²) in [5.74, 6) is -1.22. The molecule has 2 N–H and O–H groups in total. The van der Waals surface area contributed by atoms with E-state index in [1.54, 1.807) is 26.0 Å². The highest BCUT2D eigenvalue weighted by Gasteiger charge is 2.22. The molecule has 0 unspecified atom stereocenters. The molecule has 0 atom stereocenters. The zero-order chi connectivity index (χ0) is 17.7. The number of nitrogens with zero attached hydrogens (tertiary/aromatic N) is 1. The summed E-state index contributed by atoms with van der Waals surface area (Å²) in [6.07, 6.45) is 1.70. The quantitative estimate of drug-likeness (QED) is 0.812. The average Bonchev–Trinajstić information content (AvgIpc) is 2.94. The predicted molar refractivity (Wildman–Crippen MR) is 84.7 cm³/mol. The van der Waals surface area contributed by atoms with Gasteiger partial charge in [-0.15, -0.1) is 0 Å². The fourth-order valence-corrected chi connectivity index (χ4v) is 2.18. The van der Waals surface area contributed by atoms with Gasteiger partial charge in [0.25, 0.3) is 0 Å². The van der Waals surface area contributed by atoms with Crippen molar-refractivity contribution in [1.29, 1.82) is 0 Å². The van der Waals surface area contributed by atoms with Gasteiger partial charge in [-0.1, -0.05) is 0 Å². The second kappa shape index (κ2) is 7.25. The molecule has 0 aliphatic carbocycles. The van der Waals surface area contributed by atoms with Gasteiger partial charge in [0, 0.05) is 17.5 Å². The molecule has 0 radical (unpaired) electrons. The van der Waals surface area contributed by atoms with E-state index in [4.69, 9.17) is 9.52 Å². The van der Waals surface area contributed by atoms with Crippen LogP contribution in [0.1, 0.15) is 32.4 Å². The summed E-state index contributed by atoms with van der Waals surface area (Å²) in [6, 6.07) is 5.69. The highest BCUT2D eigenvalue weighted by molar-refractivity contribution is 5.79. The molecule has 24 heavy (non-hydrogen) atoms. The molecule has 7 heteroatoms. The van der Waals surface area contributed by atoms with Crippen LogP contribution in [0.15, 0.2) is 34.9 Å². The number of amides is 1. The highest BCUT2D eigenvalue weighted by Crippen LogP contribution is 2.19. The van der Waals surface area contributed by atoms with E-state index in [0.717, 1.165) is 0 Å². The number of benzene rings is 1. The average molecular weight is 334 g/mol. The Kier molecular flexibility index (Phi) is 5.33. The molecule has 1 aromatic heterocycles. The Bertz CT molecular complexity index is 722. The Morgan fingerprint density at radius 2 is 1.96 bits per heavy atom. The monoisotopic (exact) mass is 334 g/mol. The fourth-order valence-electron chi connectivity index (χ4n) is 2.18. The smallest absolute Gasteiger partial charge is 0.303 e. The van der Waals surface area contributed by atoms with Crippen molar-refractivity contribution in [2.45, 2.75) is 38.6 Å². The number of carboxylic acid groups (broad SMARTS) is 1. The molecule has 1 heterocycles. The van der Waals surface area contributed by atoms with Crippen molar-refractivity contribution in [3.05, 3.63) is 42.0 Å². The van der Waals surface area contributed by atoms with E-state index in [1.165, 1.54) is 18.4 Å². The third-order valence-electron chi connectivity index (χ3n) is 3.43. The molecule has 0 saturated heterocycles. The maximum atomic E-state index is 12.9. The Labute approximate surface area is 138 Å². The van der Waals surface area contributed by atoms with E-state index in [1.807, 2.05) is 0 Å². The van der Waals surface area contributed by atoms with Gasteiger partial charge in [0.15, 0.2) is 0 Å². The lowest BCUT2D eigenvalue weighted by atomic mass is 9.98. The normalized spacial score (nSPS) is 11.3. The van der Waals surface area contributed by atoms with Crippen molar-refractivity contribution in [2.24, 2.45) is 0 Å². The van der Waals surface area contributed by atoms with Crippen LogP contribution in [0.5, 0.6) is 0 Å². The van der Waals surface area contributed by atoms with Gasteiger partial charge in [-0.25, -0.2) is 9.37 Å². The molecule has 2 aromatic rings. The lowest BCUT2D eigenvalue weighted by molar-refractivity contribution is -0.137. The second-order valence-corrected chi connectivity index (χ2v) is 6.15. The zero-order valence-corrected chi connectivity index (χ0v) is 13.5. The van der Waals surface area contributed by atoms with Crippen molar-refractivity contribution in [2.75, 3.05) is 0 Å². The zero-order valence-electron chi connectivity index (χ0n) is 13.5. The number of hydrogen-bond donors (Lipinski definition) is 2. The summed E-state index contributed by atoms with van der Waals surface area (Å²) >= 11 is 0. The van der Waals surface area contributed by atoms with E-state index in [9.17, 15) is 14.0 Å². The number of carbonyl (C=O) groups excluding carboxylic acids is 1. The lowest BCUT2D eigenvalue weighted by Crippen LogP contribution is -2.44. The number of halogens is 1. The lowest BCUT2D eigenvalue weighted by Gasteiger charge is -2.25. The number of aromatic nitrogens is 1. The number of rotatable bonds is 7. The number of nitrogens with one attached hydrogen (secondary N) is 1. The molecule has 0 spiro atoms. The molecule has 0 saturated carbocycles. The standard InChI is InChI=1S/C17H19FN2O4/c1-17(2,8-7-15(22)23)20-14(21)9-13-10-24-16(19-13)11-3-5-12(18)6-4-11/h3-6,10H,7-9H2,1-2H3,(H,20,21)(H,22,23). The number of carbonyl (C=O) groups is 2. The molecular weight excluding hydrogens is 315 g/mol. The fraction of sp³-hybridized carbons (Fsp3) is 0.353. The molecule has 1 amide bonds. The van der Waals surface area contributed by atoms with Crippen LogP contribution in [0.3, 0.4) is 0 Å². The molecule has 0 bridgehead atoms. The van der Waals surface area contributed by atoms with Crippen molar-refractivity contribution in [3.8, 4) is 11.5 Å². The first-order valence-corrected chi connectivity index (χ1v) is 7.48. The van der Waals surface area contributed by atoms with Gasteiger partial charge in [0.05, 0.1) is 12.1 Å². The Morgan fingerprint density at radius 1 is 1.29 bits per heavy atom. The van der Waals surface area contributed by atoms with Gasteiger partial charge in [-0.2, -0.15) is 0 Å². The maximum absolute atomic E-state index is 12.9. The molecule has 6 nitrogen and oxygen atoms in total. The van der Waals surface area contributed by atoms with E-state index in [-0.39, 0.29) is 24.6 Å². The van der Waals surface area contributed by atoms with Gasteiger partial charge in [-0.3, -0.25) is 9.59 Å². The number of oxazole rings is 1.